The van der Waals surface area contributed by atoms with Crippen molar-refractivity contribution in [1.82, 2.24) is 35.5 Å². The highest BCUT2D eigenvalue weighted by Gasteiger charge is 2.33. The number of carbonyl (C=O) groups is 2. The van der Waals surface area contributed by atoms with Crippen LogP contribution in [0, 0.1) is 5.92 Å². The van der Waals surface area contributed by atoms with E-state index in [-0.39, 0.29) is 23.6 Å². The van der Waals surface area contributed by atoms with Gasteiger partial charge in [-0.1, -0.05) is 60.7 Å². The molecule has 44 heavy (non-hydrogen) atoms. The largest absolute Gasteiger partial charge is 0.367 e. The summed E-state index contributed by atoms with van der Waals surface area (Å²) in [6.45, 7) is 5.45. The van der Waals surface area contributed by atoms with E-state index in [1.807, 2.05) is 47.9 Å². The Balaban J connectivity index is 1.30. The summed E-state index contributed by atoms with van der Waals surface area (Å²) in [5.74, 6) is 0.569. The monoisotopic (exact) mass is 596 g/mol. The average molecular weight is 597 g/mol. The molecule has 2 atom stereocenters. The number of imidazole rings is 1. The Labute approximate surface area is 257 Å². The van der Waals surface area contributed by atoms with E-state index in [4.69, 9.17) is 14.7 Å². The summed E-state index contributed by atoms with van der Waals surface area (Å²) >= 11 is 0. The molecule has 6 rings (SSSR count). The van der Waals surface area contributed by atoms with Gasteiger partial charge in [-0.05, 0) is 62.7 Å². The lowest BCUT2D eigenvalue weighted by molar-refractivity contribution is -0.133. The standard InChI is InChI=1S/C33H40N8O3/c1-2-35-32(42)26-13-14-27(44-26)41-21-38-28-29(36-20-25(23-9-5-3-6-10-23)24-11-7-4-8-12-24)39-30(40-31(28)41)33(43)37-19-22-15-17-34-18-16-22/h3-12,21-22,25-27,34H,2,13-20H2,1H3,(H,35,42)(H,37,43)(H,36,39,40). The molecule has 0 bridgehead atoms. The highest BCUT2D eigenvalue weighted by atomic mass is 16.5. The molecule has 0 radical (unpaired) electrons. The Morgan fingerprint density at radius 1 is 0.955 bits per heavy atom. The van der Waals surface area contributed by atoms with Gasteiger partial charge in [0.1, 0.15) is 12.3 Å². The molecule has 2 aromatic heterocycles. The Hall–Kier alpha value is -4.35. The Morgan fingerprint density at radius 3 is 2.34 bits per heavy atom. The first-order chi connectivity index (χ1) is 21.6. The summed E-state index contributed by atoms with van der Waals surface area (Å²) in [4.78, 5) is 40.0. The molecule has 2 fully saturated rings. The van der Waals surface area contributed by atoms with Crippen LogP contribution >= 0.6 is 0 Å². The second kappa shape index (κ2) is 14.0. The number of hydrogen-bond donors (Lipinski definition) is 4. The Bertz CT molecular complexity index is 1520. The summed E-state index contributed by atoms with van der Waals surface area (Å²) < 4.78 is 7.95. The summed E-state index contributed by atoms with van der Waals surface area (Å²) in [5, 5.41) is 12.8. The van der Waals surface area contributed by atoms with Gasteiger partial charge < -0.3 is 26.0 Å². The van der Waals surface area contributed by atoms with Crippen LogP contribution in [-0.2, 0) is 9.53 Å². The Morgan fingerprint density at radius 2 is 1.66 bits per heavy atom. The average Bonchev–Trinajstić information content (AvgIpc) is 3.73. The summed E-state index contributed by atoms with van der Waals surface area (Å²) in [7, 11) is 0. The maximum absolute atomic E-state index is 13.4. The zero-order valence-electron chi connectivity index (χ0n) is 25.0. The van der Waals surface area contributed by atoms with Crippen molar-refractivity contribution in [1.29, 1.82) is 0 Å². The van der Waals surface area contributed by atoms with Crippen molar-refractivity contribution >= 4 is 28.8 Å². The smallest absolute Gasteiger partial charge is 0.289 e. The van der Waals surface area contributed by atoms with Crippen LogP contribution in [0.4, 0.5) is 5.82 Å². The first kappa shape index (κ1) is 29.7. The van der Waals surface area contributed by atoms with E-state index >= 15 is 0 Å². The van der Waals surface area contributed by atoms with Gasteiger partial charge in [-0.3, -0.25) is 14.2 Å². The van der Waals surface area contributed by atoms with Crippen molar-refractivity contribution < 1.29 is 14.3 Å². The van der Waals surface area contributed by atoms with E-state index in [0.717, 1.165) is 37.1 Å². The van der Waals surface area contributed by atoms with Gasteiger partial charge >= 0.3 is 0 Å². The van der Waals surface area contributed by atoms with Crippen molar-refractivity contribution in [2.75, 3.05) is 38.0 Å². The maximum atomic E-state index is 13.4. The normalized spacial score (nSPS) is 18.9. The quantitative estimate of drug-likeness (QED) is 0.206. The van der Waals surface area contributed by atoms with E-state index in [1.165, 1.54) is 0 Å². The lowest BCUT2D eigenvalue weighted by Crippen LogP contribution is -2.36. The zero-order chi connectivity index (χ0) is 30.3. The molecule has 2 unspecified atom stereocenters. The van der Waals surface area contributed by atoms with Gasteiger partial charge in [0.25, 0.3) is 5.91 Å². The van der Waals surface area contributed by atoms with Gasteiger partial charge in [-0.2, -0.15) is 0 Å². The molecular formula is C33H40N8O3. The second-order valence-electron chi connectivity index (χ2n) is 11.4. The van der Waals surface area contributed by atoms with Gasteiger partial charge in [0.2, 0.25) is 11.7 Å². The molecule has 11 heteroatoms. The molecule has 4 heterocycles. The van der Waals surface area contributed by atoms with Crippen molar-refractivity contribution in [2.24, 2.45) is 5.92 Å². The fourth-order valence-corrected chi connectivity index (χ4v) is 6.06. The number of ether oxygens (including phenoxy) is 1. The molecule has 230 valence electrons. The van der Waals surface area contributed by atoms with Crippen molar-refractivity contribution in [3.8, 4) is 0 Å². The molecule has 2 saturated heterocycles. The van der Waals surface area contributed by atoms with Crippen LogP contribution in [0.25, 0.3) is 11.2 Å². The zero-order valence-corrected chi connectivity index (χ0v) is 25.0. The number of nitrogens with zero attached hydrogens (tertiary/aromatic N) is 4. The highest BCUT2D eigenvalue weighted by Crippen LogP contribution is 2.32. The number of likely N-dealkylation sites (N-methyl/N-ethyl adjacent to an activating group) is 1. The summed E-state index contributed by atoms with van der Waals surface area (Å²) in [5.41, 5.74) is 3.37. The number of fused-ring (bicyclic) bond motifs is 1. The minimum Gasteiger partial charge on any atom is -0.367 e. The fourth-order valence-electron chi connectivity index (χ4n) is 6.06. The maximum Gasteiger partial charge on any atom is 0.289 e. The lowest BCUT2D eigenvalue weighted by Gasteiger charge is -2.22. The van der Waals surface area contributed by atoms with E-state index in [9.17, 15) is 9.59 Å². The highest BCUT2D eigenvalue weighted by molar-refractivity contribution is 5.94. The van der Waals surface area contributed by atoms with E-state index in [2.05, 4.69) is 50.5 Å². The molecule has 4 N–H and O–H groups in total. The first-order valence-corrected chi connectivity index (χ1v) is 15.6. The van der Waals surface area contributed by atoms with Crippen LogP contribution in [0.2, 0.25) is 0 Å². The summed E-state index contributed by atoms with van der Waals surface area (Å²) in [6.07, 6.45) is 3.95. The molecule has 11 nitrogen and oxygen atoms in total. The molecule has 0 spiro atoms. The number of benzene rings is 2. The molecule has 4 aromatic rings. The predicted molar refractivity (Wildman–Crippen MR) is 168 cm³/mol. The molecule has 2 aromatic carbocycles. The molecular weight excluding hydrogens is 556 g/mol. The fraction of sp³-hybridized carbons (Fsp3) is 0.424. The lowest BCUT2D eigenvalue weighted by atomic mass is 9.91. The van der Waals surface area contributed by atoms with Gasteiger partial charge in [0.15, 0.2) is 17.0 Å². The van der Waals surface area contributed by atoms with Gasteiger partial charge in [0.05, 0.1) is 6.33 Å². The molecule has 2 aliphatic rings. The number of piperidine rings is 1. The third-order valence-electron chi connectivity index (χ3n) is 8.46. The first-order valence-electron chi connectivity index (χ1n) is 15.6. The second-order valence-corrected chi connectivity index (χ2v) is 11.4. The molecule has 0 saturated carbocycles. The van der Waals surface area contributed by atoms with Crippen LogP contribution in [0.5, 0.6) is 0 Å². The number of anilines is 1. The minimum absolute atomic E-state index is 0.0395. The van der Waals surface area contributed by atoms with Gasteiger partial charge in [0, 0.05) is 25.6 Å². The van der Waals surface area contributed by atoms with Gasteiger partial charge in [-0.25, -0.2) is 15.0 Å². The number of carbonyl (C=O) groups excluding carboxylic acids is 2. The number of aromatic nitrogens is 4. The van der Waals surface area contributed by atoms with Gasteiger partial charge in [-0.15, -0.1) is 0 Å². The predicted octanol–water partition coefficient (Wildman–Crippen LogP) is 3.61. The number of amides is 2. The van der Waals surface area contributed by atoms with Crippen molar-refractivity contribution in [3.63, 3.8) is 0 Å². The van der Waals surface area contributed by atoms with Crippen LogP contribution < -0.4 is 21.3 Å². The summed E-state index contributed by atoms with van der Waals surface area (Å²) in [6, 6.07) is 20.6. The minimum atomic E-state index is -0.540. The SMILES string of the molecule is CCNC(=O)C1CCC(n2cnc3c(NCC(c4ccccc4)c4ccccc4)nc(C(=O)NCC4CCNCC4)nc32)O1. The van der Waals surface area contributed by atoms with Crippen LogP contribution in [0.1, 0.15) is 66.5 Å². The Kier molecular flexibility index (Phi) is 9.43. The molecule has 2 aliphatic heterocycles. The van der Waals surface area contributed by atoms with E-state index in [0.29, 0.717) is 55.4 Å². The molecule has 0 aliphatic carbocycles. The van der Waals surface area contributed by atoms with Crippen LogP contribution in [0.15, 0.2) is 67.0 Å². The van der Waals surface area contributed by atoms with Crippen LogP contribution in [-0.4, -0.2) is 70.2 Å². The molecule has 2 amide bonds. The van der Waals surface area contributed by atoms with Crippen molar-refractivity contribution in [3.05, 3.63) is 83.9 Å². The van der Waals surface area contributed by atoms with Crippen molar-refractivity contribution in [2.45, 2.75) is 50.9 Å². The number of hydrogen-bond acceptors (Lipinski definition) is 8. The van der Waals surface area contributed by atoms with E-state index < -0.39 is 12.3 Å². The van der Waals surface area contributed by atoms with Crippen LogP contribution in [0.3, 0.4) is 0 Å². The number of rotatable bonds is 11. The third kappa shape index (κ3) is 6.74. The topological polar surface area (TPSA) is 135 Å². The number of nitrogens with one attached hydrogen (secondary N) is 4. The van der Waals surface area contributed by atoms with E-state index in [1.54, 1.807) is 6.33 Å². The third-order valence-corrected chi connectivity index (χ3v) is 8.46.